The SMILES string of the molecule is CC(=O)Nc1ccc(NCC(=O)Nc2ccccc2C(C)C)cc1. The van der Waals surface area contributed by atoms with Gasteiger partial charge in [-0.2, -0.15) is 0 Å². The minimum Gasteiger partial charge on any atom is -0.376 e. The van der Waals surface area contributed by atoms with E-state index in [1.807, 2.05) is 36.4 Å². The van der Waals surface area contributed by atoms with Gasteiger partial charge in [0, 0.05) is 24.0 Å². The lowest BCUT2D eigenvalue weighted by Crippen LogP contribution is -2.22. The first-order valence-electron chi connectivity index (χ1n) is 7.96. The minimum absolute atomic E-state index is 0.103. The molecule has 0 bridgehead atoms. The Labute approximate surface area is 142 Å². The smallest absolute Gasteiger partial charge is 0.243 e. The van der Waals surface area contributed by atoms with E-state index in [0.717, 1.165) is 22.6 Å². The number of nitrogens with one attached hydrogen (secondary N) is 3. The van der Waals surface area contributed by atoms with Crippen molar-refractivity contribution in [2.24, 2.45) is 0 Å². The van der Waals surface area contributed by atoms with Crippen molar-refractivity contribution in [3.8, 4) is 0 Å². The van der Waals surface area contributed by atoms with Crippen LogP contribution in [0.5, 0.6) is 0 Å². The maximum absolute atomic E-state index is 12.1. The normalized spacial score (nSPS) is 10.3. The Morgan fingerprint density at radius 2 is 1.54 bits per heavy atom. The first-order valence-corrected chi connectivity index (χ1v) is 7.96. The quantitative estimate of drug-likeness (QED) is 0.756. The van der Waals surface area contributed by atoms with Gasteiger partial charge < -0.3 is 16.0 Å². The van der Waals surface area contributed by atoms with Crippen molar-refractivity contribution >= 4 is 28.9 Å². The standard InChI is InChI=1S/C19H23N3O2/c1-13(2)17-6-4-5-7-18(17)22-19(24)12-20-15-8-10-16(11-9-15)21-14(3)23/h4-11,13,20H,12H2,1-3H3,(H,21,23)(H,22,24). The van der Waals surface area contributed by atoms with Crippen LogP contribution in [0.3, 0.4) is 0 Å². The number of amides is 2. The van der Waals surface area contributed by atoms with Crippen molar-refractivity contribution in [2.45, 2.75) is 26.7 Å². The van der Waals surface area contributed by atoms with Gasteiger partial charge in [-0.05, 0) is 41.8 Å². The summed E-state index contributed by atoms with van der Waals surface area (Å²) in [6.07, 6.45) is 0. The van der Waals surface area contributed by atoms with E-state index in [2.05, 4.69) is 29.8 Å². The third-order valence-electron chi connectivity index (χ3n) is 3.52. The fraction of sp³-hybridized carbons (Fsp3) is 0.263. The van der Waals surface area contributed by atoms with Crippen molar-refractivity contribution in [2.75, 3.05) is 22.5 Å². The van der Waals surface area contributed by atoms with Gasteiger partial charge in [0.05, 0.1) is 6.54 Å². The fourth-order valence-corrected chi connectivity index (χ4v) is 2.37. The third kappa shape index (κ3) is 5.12. The van der Waals surface area contributed by atoms with E-state index in [0.29, 0.717) is 5.92 Å². The van der Waals surface area contributed by atoms with Crippen molar-refractivity contribution < 1.29 is 9.59 Å². The van der Waals surface area contributed by atoms with Gasteiger partial charge in [0.2, 0.25) is 11.8 Å². The molecular weight excluding hydrogens is 302 g/mol. The van der Waals surface area contributed by atoms with Crippen LogP contribution in [0.4, 0.5) is 17.1 Å². The third-order valence-corrected chi connectivity index (χ3v) is 3.52. The van der Waals surface area contributed by atoms with E-state index in [9.17, 15) is 9.59 Å². The van der Waals surface area contributed by atoms with Gasteiger partial charge in [-0.3, -0.25) is 9.59 Å². The van der Waals surface area contributed by atoms with E-state index in [4.69, 9.17) is 0 Å². The van der Waals surface area contributed by atoms with Crippen molar-refractivity contribution in [3.05, 3.63) is 54.1 Å². The first-order chi connectivity index (χ1) is 11.5. The first kappa shape index (κ1) is 17.5. The Morgan fingerprint density at radius 1 is 0.917 bits per heavy atom. The number of rotatable bonds is 6. The van der Waals surface area contributed by atoms with Crippen molar-refractivity contribution in [1.29, 1.82) is 0 Å². The lowest BCUT2D eigenvalue weighted by atomic mass is 10.0. The summed E-state index contributed by atoms with van der Waals surface area (Å²) >= 11 is 0. The monoisotopic (exact) mass is 325 g/mol. The maximum atomic E-state index is 12.1. The summed E-state index contributed by atoms with van der Waals surface area (Å²) in [7, 11) is 0. The maximum Gasteiger partial charge on any atom is 0.243 e. The summed E-state index contributed by atoms with van der Waals surface area (Å²) in [6.45, 7) is 5.83. The number of benzene rings is 2. The Morgan fingerprint density at radius 3 is 2.17 bits per heavy atom. The summed E-state index contributed by atoms with van der Waals surface area (Å²) < 4.78 is 0. The molecule has 0 heterocycles. The van der Waals surface area contributed by atoms with E-state index in [-0.39, 0.29) is 18.4 Å². The minimum atomic E-state index is -0.112. The predicted octanol–water partition coefficient (Wildman–Crippen LogP) is 3.82. The number of carbonyl (C=O) groups is 2. The van der Waals surface area contributed by atoms with Crippen LogP contribution < -0.4 is 16.0 Å². The molecule has 126 valence electrons. The highest BCUT2D eigenvalue weighted by Crippen LogP contribution is 2.23. The van der Waals surface area contributed by atoms with E-state index < -0.39 is 0 Å². The second kappa shape index (κ2) is 8.15. The molecule has 0 saturated heterocycles. The van der Waals surface area contributed by atoms with E-state index in [1.165, 1.54) is 6.92 Å². The largest absolute Gasteiger partial charge is 0.376 e. The molecule has 2 rings (SSSR count). The van der Waals surface area contributed by atoms with Gasteiger partial charge in [0.25, 0.3) is 0 Å². The molecule has 5 heteroatoms. The molecule has 0 aliphatic carbocycles. The highest BCUT2D eigenvalue weighted by atomic mass is 16.2. The Hall–Kier alpha value is -2.82. The summed E-state index contributed by atoms with van der Waals surface area (Å²) in [5.41, 5.74) is 3.51. The highest BCUT2D eigenvalue weighted by Gasteiger charge is 2.09. The van der Waals surface area contributed by atoms with Crippen LogP contribution in [-0.4, -0.2) is 18.4 Å². The molecule has 0 aliphatic heterocycles. The van der Waals surface area contributed by atoms with Crippen LogP contribution in [0.15, 0.2) is 48.5 Å². The molecule has 0 unspecified atom stereocenters. The lowest BCUT2D eigenvalue weighted by Gasteiger charge is -2.14. The molecule has 2 aromatic carbocycles. The zero-order valence-electron chi connectivity index (χ0n) is 14.2. The van der Waals surface area contributed by atoms with Crippen LogP contribution >= 0.6 is 0 Å². The van der Waals surface area contributed by atoms with Gasteiger partial charge in [0.15, 0.2) is 0 Å². The van der Waals surface area contributed by atoms with Crippen LogP contribution in [0, 0.1) is 0 Å². The molecule has 2 amide bonds. The predicted molar refractivity (Wildman–Crippen MR) is 98.4 cm³/mol. The van der Waals surface area contributed by atoms with Crippen molar-refractivity contribution in [3.63, 3.8) is 0 Å². The number of carbonyl (C=O) groups excluding carboxylic acids is 2. The Bertz CT molecular complexity index is 709. The number of hydrogen-bond acceptors (Lipinski definition) is 3. The van der Waals surface area contributed by atoms with Gasteiger partial charge in [-0.1, -0.05) is 32.0 Å². The zero-order chi connectivity index (χ0) is 17.5. The molecule has 5 nitrogen and oxygen atoms in total. The average Bonchev–Trinajstić information content (AvgIpc) is 2.54. The van der Waals surface area contributed by atoms with Crippen LogP contribution in [0.2, 0.25) is 0 Å². The Kier molecular flexibility index (Phi) is 5.95. The molecular formula is C19H23N3O2. The molecule has 0 fully saturated rings. The summed E-state index contributed by atoms with van der Waals surface area (Å²) in [6, 6.07) is 15.0. The van der Waals surface area contributed by atoms with E-state index >= 15 is 0 Å². The van der Waals surface area contributed by atoms with Crippen molar-refractivity contribution in [1.82, 2.24) is 0 Å². The topological polar surface area (TPSA) is 70.2 Å². The summed E-state index contributed by atoms with van der Waals surface area (Å²) in [5.74, 6) is 0.128. The molecule has 2 aromatic rings. The van der Waals surface area contributed by atoms with Crippen LogP contribution in [-0.2, 0) is 9.59 Å². The second-order valence-electron chi connectivity index (χ2n) is 5.90. The molecule has 0 atom stereocenters. The number of para-hydroxylation sites is 1. The lowest BCUT2D eigenvalue weighted by molar-refractivity contribution is -0.115. The molecule has 0 radical (unpaired) electrons. The van der Waals surface area contributed by atoms with Crippen LogP contribution in [0.1, 0.15) is 32.3 Å². The summed E-state index contributed by atoms with van der Waals surface area (Å²) in [5, 5.41) is 8.71. The van der Waals surface area contributed by atoms with Gasteiger partial charge in [-0.25, -0.2) is 0 Å². The van der Waals surface area contributed by atoms with Gasteiger partial charge in [-0.15, -0.1) is 0 Å². The van der Waals surface area contributed by atoms with E-state index in [1.54, 1.807) is 12.1 Å². The number of hydrogen-bond donors (Lipinski definition) is 3. The molecule has 0 aromatic heterocycles. The summed E-state index contributed by atoms with van der Waals surface area (Å²) in [4.78, 5) is 23.1. The molecule has 0 aliphatic rings. The molecule has 3 N–H and O–H groups in total. The fourth-order valence-electron chi connectivity index (χ4n) is 2.37. The average molecular weight is 325 g/mol. The van der Waals surface area contributed by atoms with Crippen LogP contribution in [0.25, 0.3) is 0 Å². The zero-order valence-corrected chi connectivity index (χ0v) is 14.2. The molecule has 0 spiro atoms. The molecule has 0 saturated carbocycles. The Balaban J connectivity index is 1.90. The molecule has 24 heavy (non-hydrogen) atoms. The number of anilines is 3. The second-order valence-corrected chi connectivity index (χ2v) is 5.90. The highest BCUT2D eigenvalue weighted by molar-refractivity contribution is 5.94. The van der Waals surface area contributed by atoms with Gasteiger partial charge >= 0.3 is 0 Å². The van der Waals surface area contributed by atoms with Gasteiger partial charge in [0.1, 0.15) is 0 Å².